The summed E-state index contributed by atoms with van der Waals surface area (Å²) in [5.74, 6) is 0.109. The van der Waals surface area contributed by atoms with Gasteiger partial charge in [-0.25, -0.2) is 8.42 Å². The van der Waals surface area contributed by atoms with Crippen molar-refractivity contribution in [1.82, 2.24) is 9.62 Å². The van der Waals surface area contributed by atoms with E-state index in [1.807, 2.05) is 37.3 Å². The Morgan fingerprint density at radius 1 is 1.19 bits per heavy atom. The lowest BCUT2D eigenvalue weighted by molar-refractivity contribution is 0.262. The van der Waals surface area contributed by atoms with Gasteiger partial charge in [-0.3, -0.25) is 0 Å². The van der Waals surface area contributed by atoms with Crippen LogP contribution in [0.1, 0.15) is 31.7 Å². The maximum Gasteiger partial charge on any atom is 0.218 e. The lowest BCUT2D eigenvalue weighted by Gasteiger charge is -2.33. The van der Waals surface area contributed by atoms with Crippen LogP contribution in [-0.4, -0.2) is 38.4 Å². The van der Waals surface area contributed by atoms with E-state index in [1.54, 1.807) is 4.31 Å². The number of hydrogen-bond donors (Lipinski definition) is 1. The normalized spacial score (nSPS) is 16.7. The van der Waals surface area contributed by atoms with E-state index >= 15 is 0 Å². The maximum atomic E-state index is 12.7. The Labute approximate surface area is 134 Å². The summed E-state index contributed by atoms with van der Waals surface area (Å²) in [5, 5.41) is 3.29. The quantitative estimate of drug-likeness (QED) is 0.870. The first-order chi connectivity index (χ1) is 9.63. The summed E-state index contributed by atoms with van der Waals surface area (Å²) < 4.78 is 27.1. The Morgan fingerprint density at radius 3 is 2.38 bits per heavy atom. The van der Waals surface area contributed by atoms with Gasteiger partial charge in [0, 0.05) is 12.6 Å². The molecule has 2 rings (SSSR count). The van der Waals surface area contributed by atoms with Crippen LogP contribution in [0.3, 0.4) is 0 Å². The highest BCUT2D eigenvalue weighted by Gasteiger charge is 2.30. The van der Waals surface area contributed by atoms with Gasteiger partial charge in [-0.05, 0) is 37.9 Å². The highest BCUT2D eigenvalue weighted by molar-refractivity contribution is 7.88. The third kappa shape index (κ3) is 5.25. The molecule has 0 saturated carbocycles. The van der Waals surface area contributed by atoms with Crippen LogP contribution in [0.2, 0.25) is 0 Å². The second kappa shape index (κ2) is 8.73. The molecule has 120 valence electrons. The fraction of sp³-hybridized carbons (Fsp3) is 0.600. The van der Waals surface area contributed by atoms with Crippen LogP contribution in [0.4, 0.5) is 0 Å². The van der Waals surface area contributed by atoms with Gasteiger partial charge >= 0.3 is 0 Å². The van der Waals surface area contributed by atoms with Gasteiger partial charge in [0.05, 0.1) is 5.75 Å². The largest absolute Gasteiger partial charge is 0.317 e. The topological polar surface area (TPSA) is 49.4 Å². The van der Waals surface area contributed by atoms with Gasteiger partial charge in [0.15, 0.2) is 0 Å². The van der Waals surface area contributed by atoms with Gasteiger partial charge < -0.3 is 5.32 Å². The summed E-state index contributed by atoms with van der Waals surface area (Å²) in [4.78, 5) is 0. The molecule has 0 atom stereocenters. The summed E-state index contributed by atoms with van der Waals surface area (Å²) in [6, 6.07) is 9.60. The summed E-state index contributed by atoms with van der Waals surface area (Å²) in [6.45, 7) is 4.48. The van der Waals surface area contributed by atoms with Gasteiger partial charge in [-0.2, -0.15) is 4.31 Å². The lowest BCUT2D eigenvalue weighted by Crippen LogP contribution is -2.46. The minimum atomic E-state index is -3.23. The number of hydrogen-bond acceptors (Lipinski definition) is 3. The molecule has 0 bridgehead atoms. The standard InChI is InChI=1S/C15H24N2O2S.ClH/c1-2-12-17(15-8-10-16-11-9-15)20(18,19)13-14-6-4-3-5-7-14;/h3-7,15-16H,2,8-13H2,1H3;1H. The van der Waals surface area contributed by atoms with E-state index in [-0.39, 0.29) is 24.2 Å². The van der Waals surface area contributed by atoms with Crippen molar-refractivity contribution in [3.8, 4) is 0 Å². The monoisotopic (exact) mass is 332 g/mol. The predicted octanol–water partition coefficient (Wildman–Crippen LogP) is 2.40. The molecule has 0 amide bonds. The molecule has 1 aliphatic heterocycles. The third-order valence-electron chi connectivity index (χ3n) is 3.71. The first kappa shape index (κ1) is 18.4. The van der Waals surface area contributed by atoms with Crippen molar-refractivity contribution in [2.24, 2.45) is 0 Å². The molecule has 1 aromatic rings. The van der Waals surface area contributed by atoms with Crippen LogP contribution >= 0.6 is 12.4 Å². The Morgan fingerprint density at radius 2 is 1.81 bits per heavy atom. The predicted molar refractivity (Wildman–Crippen MR) is 89.2 cm³/mol. The Kier molecular flexibility index (Phi) is 7.66. The van der Waals surface area contributed by atoms with Crippen LogP contribution in [0.5, 0.6) is 0 Å². The molecule has 6 heteroatoms. The van der Waals surface area contributed by atoms with E-state index < -0.39 is 10.0 Å². The number of nitrogens with one attached hydrogen (secondary N) is 1. The van der Waals surface area contributed by atoms with Crippen LogP contribution < -0.4 is 5.32 Å². The molecule has 1 saturated heterocycles. The summed E-state index contributed by atoms with van der Waals surface area (Å²) in [7, 11) is -3.23. The molecule has 0 radical (unpaired) electrons. The van der Waals surface area contributed by atoms with Crippen molar-refractivity contribution in [2.75, 3.05) is 19.6 Å². The number of benzene rings is 1. The van der Waals surface area contributed by atoms with Crippen LogP contribution in [0.25, 0.3) is 0 Å². The van der Waals surface area contributed by atoms with Crippen LogP contribution in [0, 0.1) is 0 Å². The van der Waals surface area contributed by atoms with E-state index in [9.17, 15) is 8.42 Å². The molecule has 1 aromatic carbocycles. The van der Waals surface area contributed by atoms with Crippen molar-refractivity contribution in [3.63, 3.8) is 0 Å². The smallest absolute Gasteiger partial charge is 0.218 e. The van der Waals surface area contributed by atoms with Crippen molar-refractivity contribution < 1.29 is 8.42 Å². The van der Waals surface area contributed by atoms with Crippen molar-refractivity contribution in [2.45, 2.75) is 38.0 Å². The zero-order valence-electron chi connectivity index (χ0n) is 12.5. The Hall–Kier alpha value is -0.620. The fourth-order valence-corrected chi connectivity index (χ4v) is 4.64. The van der Waals surface area contributed by atoms with E-state index in [4.69, 9.17) is 0 Å². The Balaban J connectivity index is 0.00000220. The van der Waals surface area contributed by atoms with Gasteiger partial charge in [0.25, 0.3) is 0 Å². The first-order valence-corrected chi connectivity index (χ1v) is 8.98. The number of piperidine rings is 1. The molecule has 1 heterocycles. The molecule has 1 N–H and O–H groups in total. The summed E-state index contributed by atoms with van der Waals surface area (Å²) in [5.41, 5.74) is 0.863. The molecular weight excluding hydrogens is 308 g/mol. The highest BCUT2D eigenvalue weighted by atomic mass is 35.5. The first-order valence-electron chi connectivity index (χ1n) is 7.37. The van der Waals surface area contributed by atoms with Crippen molar-refractivity contribution >= 4 is 22.4 Å². The zero-order valence-corrected chi connectivity index (χ0v) is 14.1. The molecule has 0 aliphatic carbocycles. The molecule has 0 spiro atoms. The molecule has 0 aromatic heterocycles. The second-order valence-corrected chi connectivity index (χ2v) is 7.26. The second-order valence-electron chi connectivity index (χ2n) is 5.33. The Bertz CT molecular complexity index is 502. The van der Waals surface area contributed by atoms with Gasteiger partial charge in [-0.15, -0.1) is 12.4 Å². The van der Waals surface area contributed by atoms with Crippen LogP contribution in [-0.2, 0) is 15.8 Å². The van der Waals surface area contributed by atoms with Gasteiger partial charge in [0.1, 0.15) is 0 Å². The van der Waals surface area contributed by atoms with Crippen molar-refractivity contribution in [1.29, 1.82) is 0 Å². The van der Waals surface area contributed by atoms with E-state index in [0.29, 0.717) is 6.54 Å². The molecule has 4 nitrogen and oxygen atoms in total. The molecular formula is C15H25ClN2O2S. The minimum absolute atomic E-state index is 0. The molecule has 1 aliphatic rings. The number of rotatable bonds is 6. The average Bonchev–Trinajstić information content (AvgIpc) is 2.46. The fourth-order valence-electron chi connectivity index (χ4n) is 2.73. The lowest BCUT2D eigenvalue weighted by atomic mass is 10.1. The summed E-state index contributed by atoms with van der Waals surface area (Å²) in [6.07, 6.45) is 2.68. The van der Waals surface area contributed by atoms with Crippen LogP contribution in [0.15, 0.2) is 30.3 Å². The van der Waals surface area contributed by atoms with Gasteiger partial charge in [0.2, 0.25) is 10.0 Å². The zero-order chi connectivity index (χ0) is 14.4. The average molecular weight is 333 g/mol. The minimum Gasteiger partial charge on any atom is -0.317 e. The number of nitrogens with zero attached hydrogens (tertiary/aromatic N) is 1. The van der Waals surface area contributed by atoms with E-state index in [2.05, 4.69) is 5.32 Å². The maximum absolute atomic E-state index is 12.7. The van der Waals surface area contributed by atoms with E-state index in [0.717, 1.165) is 37.9 Å². The SMILES string of the molecule is CCCN(C1CCNCC1)S(=O)(=O)Cc1ccccc1.Cl. The summed E-state index contributed by atoms with van der Waals surface area (Å²) >= 11 is 0. The number of halogens is 1. The van der Waals surface area contributed by atoms with Gasteiger partial charge in [-0.1, -0.05) is 37.3 Å². The van der Waals surface area contributed by atoms with E-state index in [1.165, 1.54) is 0 Å². The van der Waals surface area contributed by atoms with Crippen molar-refractivity contribution in [3.05, 3.63) is 35.9 Å². The third-order valence-corrected chi connectivity index (χ3v) is 5.60. The molecule has 1 fully saturated rings. The highest BCUT2D eigenvalue weighted by Crippen LogP contribution is 2.20. The number of sulfonamides is 1. The molecule has 0 unspecified atom stereocenters. The molecule has 21 heavy (non-hydrogen) atoms.